The lowest BCUT2D eigenvalue weighted by atomic mass is 10.2. The number of halogens is 1. The van der Waals surface area contributed by atoms with Gasteiger partial charge in [0.05, 0.1) is 18.8 Å². The maximum absolute atomic E-state index is 5.93. The number of ether oxygens (including phenoxy) is 1. The summed E-state index contributed by atoms with van der Waals surface area (Å²) in [5, 5.41) is 0. The van der Waals surface area contributed by atoms with Crippen molar-refractivity contribution in [1.82, 2.24) is 0 Å². The van der Waals surface area contributed by atoms with Crippen LogP contribution in [0.15, 0.2) is 21.6 Å². The summed E-state index contributed by atoms with van der Waals surface area (Å²) in [6.07, 6.45) is 4.23. The number of nitrogens with two attached hydrogens (primary N) is 1. The molecule has 0 amide bonds. The van der Waals surface area contributed by atoms with Crippen LogP contribution in [0.4, 0.5) is 5.69 Å². The Morgan fingerprint density at radius 3 is 2.87 bits per heavy atom. The molecular weight excluding hydrogens is 256 g/mol. The molecule has 1 aliphatic carbocycles. The molecule has 1 fully saturated rings. The van der Waals surface area contributed by atoms with Crippen molar-refractivity contribution in [2.24, 2.45) is 4.99 Å². The topological polar surface area (TPSA) is 47.6 Å². The zero-order chi connectivity index (χ0) is 10.8. The highest BCUT2D eigenvalue weighted by Gasteiger charge is 2.19. The van der Waals surface area contributed by atoms with Crippen molar-refractivity contribution in [3.63, 3.8) is 0 Å². The maximum Gasteiger partial charge on any atom is 0.143 e. The molecule has 0 spiro atoms. The monoisotopic (exact) mass is 268 g/mol. The predicted molar refractivity (Wildman–Crippen MR) is 65.7 cm³/mol. The molecule has 1 aromatic rings. The van der Waals surface area contributed by atoms with Crippen LogP contribution >= 0.6 is 15.9 Å². The highest BCUT2D eigenvalue weighted by atomic mass is 79.9. The van der Waals surface area contributed by atoms with Crippen LogP contribution in [-0.2, 0) is 0 Å². The number of rotatable bonds is 3. The average molecular weight is 269 g/mol. The molecule has 1 aromatic carbocycles. The summed E-state index contributed by atoms with van der Waals surface area (Å²) in [6.45, 7) is 0. The molecule has 0 aromatic heterocycles. The van der Waals surface area contributed by atoms with Crippen molar-refractivity contribution in [3.8, 4) is 5.75 Å². The van der Waals surface area contributed by atoms with Crippen molar-refractivity contribution in [2.45, 2.75) is 18.9 Å². The van der Waals surface area contributed by atoms with Gasteiger partial charge in [-0.2, -0.15) is 0 Å². The van der Waals surface area contributed by atoms with Crippen molar-refractivity contribution >= 4 is 27.8 Å². The van der Waals surface area contributed by atoms with Gasteiger partial charge in [-0.1, -0.05) is 15.9 Å². The lowest BCUT2D eigenvalue weighted by Crippen LogP contribution is -1.98. The van der Waals surface area contributed by atoms with Crippen LogP contribution in [0.2, 0.25) is 0 Å². The van der Waals surface area contributed by atoms with Gasteiger partial charge in [0, 0.05) is 16.3 Å². The van der Waals surface area contributed by atoms with Crippen LogP contribution < -0.4 is 10.5 Å². The van der Waals surface area contributed by atoms with Gasteiger partial charge in [0.25, 0.3) is 0 Å². The average Bonchev–Trinajstić information content (AvgIpc) is 3.02. The molecule has 0 atom stereocenters. The quantitative estimate of drug-likeness (QED) is 0.677. The predicted octanol–water partition coefficient (Wildman–Crippen LogP) is 2.62. The summed E-state index contributed by atoms with van der Waals surface area (Å²) >= 11 is 3.41. The second-order valence-corrected chi connectivity index (χ2v) is 4.54. The zero-order valence-corrected chi connectivity index (χ0v) is 10.1. The minimum absolute atomic E-state index is 0.509. The van der Waals surface area contributed by atoms with Crippen LogP contribution in [0, 0.1) is 0 Å². The fourth-order valence-electron chi connectivity index (χ4n) is 1.30. The van der Waals surface area contributed by atoms with Crippen LogP contribution in [0.25, 0.3) is 0 Å². The molecule has 2 rings (SSSR count). The highest BCUT2D eigenvalue weighted by Crippen LogP contribution is 2.30. The normalized spacial score (nSPS) is 15.9. The Balaban J connectivity index is 2.31. The van der Waals surface area contributed by atoms with E-state index in [0.717, 1.165) is 10.0 Å². The molecule has 15 heavy (non-hydrogen) atoms. The summed E-state index contributed by atoms with van der Waals surface area (Å²) < 4.78 is 6.12. The van der Waals surface area contributed by atoms with E-state index < -0.39 is 0 Å². The minimum atomic E-state index is 0.509. The highest BCUT2D eigenvalue weighted by molar-refractivity contribution is 9.10. The van der Waals surface area contributed by atoms with Crippen LogP contribution in [0.1, 0.15) is 18.4 Å². The summed E-state index contributed by atoms with van der Waals surface area (Å²) in [5.74, 6) is 0.682. The number of nitrogen functional groups attached to an aromatic ring is 1. The first-order valence-electron chi connectivity index (χ1n) is 4.87. The van der Waals surface area contributed by atoms with E-state index in [-0.39, 0.29) is 0 Å². The molecule has 0 bridgehead atoms. The van der Waals surface area contributed by atoms with Gasteiger partial charge in [-0.25, -0.2) is 0 Å². The number of aliphatic imine (C=N–C) groups is 1. The summed E-state index contributed by atoms with van der Waals surface area (Å²) in [7, 11) is 1.61. The number of nitrogens with zero attached hydrogens (tertiary/aromatic N) is 1. The number of benzene rings is 1. The van der Waals surface area contributed by atoms with Crippen molar-refractivity contribution in [1.29, 1.82) is 0 Å². The van der Waals surface area contributed by atoms with Gasteiger partial charge in [0.15, 0.2) is 0 Å². The zero-order valence-electron chi connectivity index (χ0n) is 8.53. The second-order valence-electron chi connectivity index (χ2n) is 3.62. The standard InChI is InChI=1S/C11H13BrN2O/c1-15-10-5-8(12)4-7(11(10)13)6-14-9-2-3-9/h4-6,9H,2-3,13H2,1H3. The Morgan fingerprint density at radius 1 is 1.53 bits per heavy atom. The Kier molecular flexibility index (Phi) is 2.95. The molecule has 0 radical (unpaired) electrons. The molecule has 1 aliphatic rings. The van der Waals surface area contributed by atoms with E-state index in [1.54, 1.807) is 7.11 Å². The lowest BCUT2D eigenvalue weighted by Gasteiger charge is -2.07. The van der Waals surface area contributed by atoms with E-state index in [0.29, 0.717) is 17.5 Å². The number of methoxy groups -OCH3 is 1. The second kappa shape index (κ2) is 4.23. The van der Waals surface area contributed by atoms with Crippen LogP contribution in [-0.4, -0.2) is 19.4 Å². The first-order valence-corrected chi connectivity index (χ1v) is 5.66. The van der Waals surface area contributed by atoms with Gasteiger partial charge in [-0.3, -0.25) is 4.99 Å². The third-order valence-electron chi connectivity index (χ3n) is 2.33. The largest absolute Gasteiger partial charge is 0.495 e. The fourth-order valence-corrected chi connectivity index (χ4v) is 1.75. The number of hydrogen-bond acceptors (Lipinski definition) is 3. The Labute approximate surface area is 97.5 Å². The molecule has 3 nitrogen and oxygen atoms in total. The lowest BCUT2D eigenvalue weighted by molar-refractivity contribution is 0.416. The third kappa shape index (κ3) is 2.50. The Morgan fingerprint density at radius 2 is 2.27 bits per heavy atom. The Bertz CT molecular complexity index is 400. The van der Waals surface area contributed by atoms with E-state index >= 15 is 0 Å². The molecule has 0 heterocycles. The summed E-state index contributed by atoms with van der Waals surface area (Å²) in [5.41, 5.74) is 7.49. The molecular formula is C11H13BrN2O. The van der Waals surface area contributed by atoms with Crippen molar-refractivity contribution < 1.29 is 4.74 Å². The maximum atomic E-state index is 5.93. The first kappa shape index (κ1) is 10.5. The fraction of sp³-hybridized carbons (Fsp3) is 0.364. The van der Waals surface area contributed by atoms with Gasteiger partial charge < -0.3 is 10.5 Å². The SMILES string of the molecule is COc1cc(Br)cc(C=NC2CC2)c1N. The number of anilines is 1. The molecule has 0 unspecified atom stereocenters. The van der Waals surface area contributed by atoms with Gasteiger partial charge in [-0.05, 0) is 25.0 Å². The molecule has 0 saturated heterocycles. The van der Waals surface area contributed by atoms with E-state index in [9.17, 15) is 0 Å². The van der Waals surface area contributed by atoms with Crippen molar-refractivity contribution in [3.05, 3.63) is 22.2 Å². The van der Waals surface area contributed by atoms with Gasteiger partial charge in [0.2, 0.25) is 0 Å². The molecule has 1 saturated carbocycles. The number of hydrogen-bond donors (Lipinski definition) is 1. The van der Waals surface area contributed by atoms with E-state index in [1.165, 1.54) is 12.8 Å². The van der Waals surface area contributed by atoms with Gasteiger partial charge in [-0.15, -0.1) is 0 Å². The van der Waals surface area contributed by atoms with Gasteiger partial charge in [0.1, 0.15) is 5.75 Å². The molecule has 0 aliphatic heterocycles. The van der Waals surface area contributed by atoms with Crippen molar-refractivity contribution in [2.75, 3.05) is 12.8 Å². The smallest absolute Gasteiger partial charge is 0.143 e. The Hall–Kier alpha value is -1.03. The summed E-state index contributed by atoms with van der Waals surface area (Å²) in [4.78, 5) is 4.40. The molecule has 80 valence electrons. The van der Waals surface area contributed by atoms with Crippen LogP contribution in [0.5, 0.6) is 5.75 Å². The van der Waals surface area contributed by atoms with Crippen LogP contribution in [0.3, 0.4) is 0 Å². The van der Waals surface area contributed by atoms with E-state index in [4.69, 9.17) is 10.5 Å². The van der Waals surface area contributed by atoms with E-state index in [2.05, 4.69) is 20.9 Å². The molecule has 4 heteroatoms. The van der Waals surface area contributed by atoms with E-state index in [1.807, 2.05) is 18.3 Å². The minimum Gasteiger partial charge on any atom is -0.495 e. The molecule has 2 N–H and O–H groups in total. The van der Waals surface area contributed by atoms with Gasteiger partial charge >= 0.3 is 0 Å². The first-order chi connectivity index (χ1) is 7.20. The summed E-state index contributed by atoms with van der Waals surface area (Å²) in [6, 6.07) is 4.31. The third-order valence-corrected chi connectivity index (χ3v) is 2.79.